The minimum atomic E-state index is -0.959. The van der Waals surface area contributed by atoms with E-state index in [1.807, 2.05) is 48.7 Å². The molecule has 1 fully saturated rings. The standard InChI is InChI=1S/C26H28BrN3O4S2/c1-17-12-20(21(31)14-33-13-18-8-4-2-5-9-18)26(16-34-17,24-28-22(27)15-36-24)30-25(35)29-23(32)19-10-6-3-7-11-19/h2-11,15,17,20-21,31H,12-14,16H2,1H3,(H2,29,30,32,35)/t17-,20-,21+,26-/m0/s1. The van der Waals surface area contributed by atoms with Crippen LogP contribution in [0.5, 0.6) is 0 Å². The number of carbonyl (C=O) groups excluding carboxylic acids is 1. The third kappa shape index (κ3) is 6.56. The first kappa shape index (κ1) is 26.8. The summed E-state index contributed by atoms with van der Waals surface area (Å²) in [7, 11) is 0. The van der Waals surface area contributed by atoms with Crippen molar-refractivity contribution in [3.8, 4) is 0 Å². The Morgan fingerprint density at radius 2 is 1.97 bits per heavy atom. The van der Waals surface area contributed by atoms with Crippen molar-refractivity contribution in [2.45, 2.75) is 37.7 Å². The van der Waals surface area contributed by atoms with Crippen molar-refractivity contribution in [3.05, 3.63) is 86.8 Å². The SMILES string of the molecule is C[C@H]1C[C@@H]([C@H](O)COCc2ccccc2)[C@](NC(=S)NC(=O)c2ccccc2)(c2nc(Br)cs2)CO1. The Balaban J connectivity index is 1.54. The first-order valence-electron chi connectivity index (χ1n) is 11.6. The molecule has 7 nitrogen and oxygen atoms in total. The van der Waals surface area contributed by atoms with Crippen LogP contribution >= 0.6 is 39.5 Å². The van der Waals surface area contributed by atoms with Crippen LogP contribution in [0.15, 0.2) is 70.6 Å². The predicted molar refractivity (Wildman–Crippen MR) is 147 cm³/mol. The van der Waals surface area contributed by atoms with Gasteiger partial charge in [-0.15, -0.1) is 11.3 Å². The van der Waals surface area contributed by atoms with Crippen LogP contribution in [0.4, 0.5) is 0 Å². The molecule has 36 heavy (non-hydrogen) atoms. The molecule has 1 amide bonds. The van der Waals surface area contributed by atoms with Gasteiger partial charge in [-0.05, 0) is 59.2 Å². The first-order chi connectivity index (χ1) is 17.4. The molecule has 3 N–H and O–H groups in total. The van der Waals surface area contributed by atoms with E-state index in [0.717, 1.165) is 5.56 Å². The molecule has 0 saturated carbocycles. The second-order valence-electron chi connectivity index (χ2n) is 8.75. The number of amides is 1. The number of aliphatic hydroxyl groups is 1. The van der Waals surface area contributed by atoms with E-state index in [0.29, 0.717) is 28.2 Å². The topological polar surface area (TPSA) is 92.7 Å². The number of hydrogen-bond acceptors (Lipinski definition) is 7. The molecule has 0 unspecified atom stereocenters. The van der Waals surface area contributed by atoms with Crippen LogP contribution in [0, 0.1) is 5.92 Å². The van der Waals surface area contributed by atoms with Crippen LogP contribution in [0.1, 0.15) is 34.3 Å². The van der Waals surface area contributed by atoms with Gasteiger partial charge in [-0.2, -0.15) is 0 Å². The minimum Gasteiger partial charge on any atom is -0.390 e. The van der Waals surface area contributed by atoms with Gasteiger partial charge in [-0.25, -0.2) is 4.98 Å². The molecule has 1 saturated heterocycles. The molecule has 4 atom stereocenters. The summed E-state index contributed by atoms with van der Waals surface area (Å²) in [6.07, 6.45) is -0.359. The number of thiazole rings is 1. The third-order valence-electron chi connectivity index (χ3n) is 6.14. The van der Waals surface area contributed by atoms with Crippen LogP contribution in [0.25, 0.3) is 0 Å². The summed E-state index contributed by atoms with van der Waals surface area (Å²) in [4.78, 5) is 17.4. The number of carbonyl (C=O) groups is 1. The summed E-state index contributed by atoms with van der Waals surface area (Å²) in [5.41, 5.74) is 0.565. The van der Waals surface area contributed by atoms with Crippen LogP contribution in [-0.2, 0) is 21.6 Å². The molecule has 1 aliphatic rings. The molecular formula is C26H28BrN3O4S2. The quantitative estimate of drug-likeness (QED) is 0.335. The molecule has 1 aliphatic heterocycles. The highest BCUT2D eigenvalue weighted by molar-refractivity contribution is 9.10. The summed E-state index contributed by atoms with van der Waals surface area (Å²) in [6.45, 7) is 2.72. The van der Waals surface area contributed by atoms with Gasteiger partial charge in [0.25, 0.3) is 5.91 Å². The van der Waals surface area contributed by atoms with Gasteiger partial charge in [-0.1, -0.05) is 48.5 Å². The zero-order chi connectivity index (χ0) is 25.5. The van der Waals surface area contributed by atoms with Gasteiger partial charge < -0.3 is 19.9 Å². The van der Waals surface area contributed by atoms with Crippen LogP contribution in [0.3, 0.4) is 0 Å². The molecule has 0 bridgehead atoms. The van der Waals surface area contributed by atoms with Crippen LogP contribution in [-0.4, -0.2) is 46.5 Å². The van der Waals surface area contributed by atoms with E-state index in [4.69, 9.17) is 21.7 Å². The summed E-state index contributed by atoms with van der Waals surface area (Å²) < 4.78 is 12.6. The van der Waals surface area contributed by atoms with E-state index < -0.39 is 11.6 Å². The van der Waals surface area contributed by atoms with Crippen molar-refractivity contribution in [2.24, 2.45) is 5.92 Å². The maximum Gasteiger partial charge on any atom is 0.257 e. The largest absolute Gasteiger partial charge is 0.390 e. The molecule has 0 radical (unpaired) electrons. The number of hydrogen-bond donors (Lipinski definition) is 3. The second-order valence-corrected chi connectivity index (χ2v) is 10.8. The van der Waals surface area contributed by atoms with Gasteiger partial charge in [0.05, 0.1) is 32.0 Å². The monoisotopic (exact) mass is 589 g/mol. The fourth-order valence-corrected chi connectivity index (χ4v) is 6.08. The van der Waals surface area contributed by atoms with Gasteiger partial charge in [0, 0.05) is 16.9 Å². The lowest BCUT2D eigenvalue weighted by molar-refractivity contribution is -0.114. The van der Waals surface area contributed by atoms with Crippen molar-refractivity contribution in [2.75, 3.05) is 13.2 Å². The average molecular weight is 591 g/mol. The van der Waals surface area contributed by atoms with Gasteiger partial charge in [0.1, 0.15) is 15.1 Å². The highest BCUT2D eigenvalue weighted by Crippen LogP contribution is 2.42. The van der Waals surface area contributed by atoms with Gasteiger partial charge >= 0.3 is 0 Å². The van der Waals surface area contributed by atoms with E-state index in [2.05, 4.69) is 31.5 Å². The molecule has 0 aliphatic carbocycles. The lowest BCUT2D eigenvalue weighted by Crippen LogP contribution is -2.63. The number of ether oxygens (including phenoxy) is 2. The Bertz CT molecular complexity index is 1160. The highest BCUT2D eigenvalue weighted by atomic mass is 79.9. The Morgan fingerprint density at radius 3 is 2.64 bits per heavy atom. The molecular weight excluding hydrogens is 562 g/mol. The molecule has 10 heteroatoms. The second kappa shape index (κ2) is 12.4. The first-order valence-corrected chi connectivity index (χ1v) is 13.7. The molecule has 2 heterocycles. The van der Waals surface area contributed by atoms with Gasteiger partial charge in [0.15, 0.2) is 5.11 Å². The molecule has 190 valence electrons. The molecule has 4 rings (SSSR count). The van der Waals surface area contributed by atoms with E-state index in [1.54, 1.807) is 24.3 Å². The maximum atomic E-state index is 12.7. The van der Waals surface area contributed by atoms with Gasteiger partial charge in [-0.3, -0.25) is 10.1 Å². The van der Waals surface area contributed by atoms with Crippen molar-refractivity contribution in [3.63, 3.8) is 0 Å². The predicted octanol–water partition coefficient (Wildman–Crippen LogP) is 4.41. The van der Waals surface area contributed by atoms with E-state index in [9.17, 15) is 9.90 Å². The molecule has 2 aromatic carbocycles. The number of rotatable bonds is 8. The Labute approximate surface area is 228 Å². The van der Waals surface area contributed by atoms with E-state index in [-0.39, 0.29) is 36.3 Å². The maximum absolute atomic E-state index is 12.7. The summed E-state index contributed by atoms with van der Waals surface area (Å²) >= 11 is 10.4. The van der Waals surface area contributed by atoms with Crippen molar-refractivity contribution in [1.29, 1.82) is 0 Å². The molecule has 3 aromatic rings. The number of aliphatic hydroxyl groups excluding tert-OH is 1. The molecule has 1 aromatic heterocycles. The summed E-state index contributed by atoms with van der Waals surface area (Å²) in [5, 5.41) is 20.1. The molecule has 0 spiro atoms. The Morgan fingerprint density at radius 1 is 1.28 bits per heavy atom. The summed E-state index contributed by atoms with van der Waals surface area (Å²) in [6, 6.07) is 18.7. The number of aromatic nitrogens is 1. The number of benzene rings is 2. The highest BCUT2D eigenvalue weighted by Gasteiger charge is 2.50. The average Bonchev–Trinajstić information content (AvgIpc) is 3.33. The fraction of sp³-hybridized carbons (Fsp3) is 0.346. The van der Waals surface area contributed by atoms with E-state index in [1.165, 1.54) is 11.3 Å². The van der Waals surface area contributed by atoms with Crippen molar-refractivity contribution >= 4 is 50.5 Å². The lowest BCUT2D eigenvalue weighted by atomic mass is 9.75. The fourth-order valence-electron chi connectivity index (χ4n) is 4.34. The third-order valence-corrected chi connectivity index (χ3v) is 8.07. The Kier molecular flexibility index (Phi) is 9.21. The smallest absolute Gasteiger partial charge is 0.257 e. The van der Waals surface area contributed by atoms with E-state index >= 15 is 0 Å². The van der Waals surface area contributed by atoms with Crippen LogP contribution in [0.2, 0.25) is 0 Å². The number of thiocarbonyl (C=S) groups is 1. The Hall–Kier alpha value is -2.21. The van der Waals surface area contributed by atoms with Crippen LogP contribution < -0.4 is 10.6 Å². The van der Waals surface area contributed by atoms with Gasteiger partial charge in [0.2, 0.25) is 0 Å². The number of halogens is 1. The number of nitrogens with one attached hydrogen (secondary N) is 2. The number of nitrogens with zero attached hydrogens (tertiary/aromatic N) is 1. The minimum absolute atomic E-state index is 0.0791. The normalized spacial score (nSPS) is 22.5. The van der Waals surface area contributed by atoms with Crippen molar-refractivity contribution in [1.82, 2.24) is 15.6 Å². The zero-order valence-corrected chi connectivity index (χ0v) is 22.9. The van der Waals surface area contributed by atoms with Crippen molar-refractivity contribution < 1.29 is 19.4 Å². The lowest BCUT2D eigenvalue weighted by Gasteiger charge is -2.47. The summed E-state index contributed by atoms with van der Waals surface area (Å²) in [5.74, 6) is -0.668. The zero-order valence-electron chi connectivity index (χ0n) is 19.7.